The van der Waals surface area contributed by atoms with Gasteiger partial charge in [-0.1, -0.05) is 24.8 Å². The molecule has 0 radical (unpaired) electrons. The molecule has 4 nitrogen and oxygen atoms in total. The summed E-state index contributed by atoms with van der Waals surface area (Å²) in [6.07, 6.45) is 5.08. The molecule has 2 rings (SSSR count). The summed E-state index contributed by atoms with van der Waals surface area (Å²) in [5, 5.41) is 19.9. The molecule has 2 aliphatic rings. The van der Waals surface area contributed by atoms with Crippen LogP contribution in [0.2, 0.25) is 0 Å². The van der Waals surface area contributed by atoms with Gasteiger partial charge < -0.3 is 19.7 Å². The van der Waals surface area contributed by atoms with Crippen LogP contribution in [0.25, 0.3) is 0 Å². The van der Waals surface area contributed by atoms with Gasteiger partial charge in [0, 0.05) is 13.0 Å². The van der Waals surface area contributed by atoms with Crippen LogP contribution in [0.3, 0.4) is 0 Å². The van der Waals surface area contributed by atoms with Crippen molar-refractivity contribution in [2.45, 2.75) is 49.8 Å². The van der Waals surface area contributed by atoms with Crippen molar-refractivity contribution in [1.29, 1.82) is 0 Å². The lowest BCUT2D eigenvalue weighted by Gasteiger charge is -2.31. The van der Waals surface area contributed by atoms with Crippen molar-refractivity contribution in [2.75, 3.05) is 6.61 Å². The second-order valence-corrected chi connectivity index (χ2v) is 4.60. The lowest BCUT2D eigenvalue weighted by atomic mass is 9.99. The average molecular weight is 240 g/mol. The molecule has 0 unspecified atom stereocenters. The molecule has 4 heteroatoms. The first-order valence-electron chi connectivity index (χ1n) is 6.15. The molecule has 2 heterocycles. The summed E-state index contributed by atoms with van der Waals surface area (Å²) < 4.78 is 11.4. The molecule has 0 aromatic carbocycles. The lowest BCUT2D eigenvalue weighted by molar-refractivity contribution is -0.121. The Morgan fingerprint density at radius 2 is 2.06 bits per heavy atom. The van der Waals surface area contributed by atoms with Crippen molar-refractivity contribution < 1.29 is 19.7 Å². The van der Waals surface area contributed by atoms with E-state index in [1.54, 1.807) is 18.2 Å². The quantitative estimate of drug-likeness (QED) is 0.701. The first kappa shape index (κ1) is 12.8. The summed E-state index contributed by atoms with van der Waals surface area (Å²) in [7, 11) is 0. The smallest absolute Gasteiger partial charge is 0.110 e. The third-order valence-corrected chi connectivity index (χ3v) is 3.35. The van der Waals surface area contributed by atoms with E-state index in [4.69, 9.17) is 9.47 Å². The standard InChI is InChI=1S/C13H20O4/c1-2-3-5-11-13(15)9(14)8-12-10(17-11)6-4-7-16-12/h2-3,5,9-15H,1,4,6-8H2/b5-3+/t9-,10-,11+,12+,13-/m0/s1. The molecule has 0 aliphatic carbocycles. The second-order valence-electron chi connectivity index (χ2n) is 4.60. The minimum absolute atomic E-state index is 0.0324. The van der Waals surface area contributed by atoms with Crippen molar-refractivity contribution in [2.24, 2.45) is 0 Å². The van der Waals surface area contributed by atoms with E-state index in [1.807, 2.05) is 0 Å². The molecule has 17 heavy (non-hydrogen) atoms. The van der Waals surface area contributed by atoms with Gasteiger partial charge >= 0.3 is 0 Å². The minimum Gasteiger partial charge on any atom is -0.390 e. The average Bonchev–Trinajstić information content (AvgIpc) is 2.46. The maximum Gasteiger partial charge on any atom is 0.110 e. The molecular formula is C13H20O4. The van der Waals surface area contributed by atoms with E-state index in [2.05, 4.69) is 6.58 Å². The second kappa shape index (κ2) is 5.78. The van der Waals surface area contributed by atoms with E-state index in [1.165, 1.54) is 0 Å². The van der Waals surface area contributed by atoms with E-state index in [-0.39, 0.29) is 12.2 Å². The minimum atomic E-state index is -0.902. The van der Waals surface area contributed by atoms with E-state index >= 15 is 0 Å². The zero-order valence-electron chi connectivity index (χ0n) is 9.87. The SMILES string of the molecule is C=C/C=C/[C@H]1O[C@H]2CCCO[C@@H]2C[C@H](O)[C@@H]1O. The Balaban J connectivity index is 2.11. The molecule has 0 saturated carbocycles. The van der Waals surface area contributed by atoms with Gasteiger partial charge in [0.05, 0.1) is 18.3 Å². The van der Waals surface area contributed by atoms with Gasteiger partial charge in [0.15, 0.2) is 0 Å². The Hall–Kier alpha value is -0.680. The van der Waals surface area contributed by atoms with E-state index in [9.17, 15) is 10.2 Å². The number of allylic oxidation sites excluding steroid dienone is 2. The zero-order valence-corrected chi connectivity index (χ0v) is 9.87. The van der Waals surface area contributed by atoms with Crippen molar-refractivity contribution >= 4 is 0 Å². The number of hydrogen-bond donors (Lipinski definition) is 2. The summed E-state index contributed by atoms with van der Waals surface area (Å²) in [5.74, 6) is 0. The fourth-order valence-corrected chi connectivity index (χ4v) is 2.41. The van der Waals surface area contributed by atoms with Crippen LogP contribution >= 0.6 is 0 Å². The van der Waals surface area contributed by atoms with Crippen molar-refractivity contribution in [1.82, 2.24) is 0 Å². The van der Waals surface area contributed by atoms with Gasteiger partial charge in [0.25, 0.3) is 0 Å². The number of ether oxygens (including phenoxy) is 2. The number of rotatable bonds is 2. The van der Waals surface area contributed by atoms with Crippen LogP contribution in [-0.4, -0.2) is 47.3 Å². The van der Waals surface area contributed by atoms with Gasteiger partial charge in [0.1, 0.15) is 12.2 Å². The van der Waals surface area contributed by atoms with Crippen LogP contribution in [-0.2, 0) is 9.47 Å². The van der Waals surface area contributed by atoms with Crippen LogP contribution in [0.4, 0.5) is 0 Å². The molecule has 2 fully saturated rings. The molecule has 0 aromatic heterocycles. The Morgan fingerprint density at radius 1 is 1.24 bits per heavy atom. The first-order valence-corrected chi connectivity index (χ1v) is 6.15. The van der Waals surface area contributed by atoms with Gasteiger partial charge in [-0.05, 0) is 12.8 Å². The molecule has 2 saturated heterocycles. The molecule has 2 aliphatic heterocycles. The van der Waals surface area contributed by atoms with Crippen LogP contribution in [0.15, 0.2) is 24.8 Å². The number of aliphatic hydroxyl groups excluding tert-OH is 2. The number of fused-ring (bicyclic) bond motifs is 1. The van der Waals surface area contributed by atoms with E-state index in [0.717, 1.165) is 12.8 Å². The Labute approximate surface area is 102 Å². The molecule has 2 N–H and O–H groups in total. The van der Waals surface area contributed by atoms with Crippen LogP contribution in [0, 0.1) is 0 Å². The fourth-order valence-electron chi connectivity index (χ4n) is 2.41. The van der Waals surface area contributed by atoms with Crippen LogP contribution in [0.5, 0.6) is 0 Å². The predicted octanol–water partition coefficient (Wildman–Crippen LogP) is 0.787. The maximum atomic E-state index is 9.97. The summed E-state index contributed by atoms with van der Waals surface area (Å²) >= 11 is 0. The third kappa shape index (κ3) is 2.96. The molecule has 0 amide bonds. The molecule has 5 atom stereocenters. The van der Waals surface area contributed by atoms with Gasteiger partial charge in [0.2, 0.25) is 0 Å². The first-order chi connectivity index (χ1) is 8.22. The molecule has 0 bridgehead atoms. The summed E-state index contributed by atoms with van der Waals surface area (Å²) in [4.78, 5) is 0. The normalized spacial score (nSPS) is 43.1. The number of aliphatic hydroxyl groups is 2. The highest BCUT2D eigenvalue weighted by atomic mass is 16.6. The Kier molecular flexibility index (Phi) is 4.34. The molecule has 96 valence electrons. The monoisotopic (exact) mass is 240 g/mol. The fraction of sp³-hybridized carbons (Fsp3) is 0.692. The molecule has 0 spiro atoms. The van der Waals surface area contributed by atoms with Crippen LogP contribution in [0.1, 0.15) is 19.3 Å². The highest BCUT2D eigenvalue weighted by molar-refractivity contribution is 5.05. The Bertz CT molecular complexity index is 289. The van der Waals surface area contributed by atoms with E-state index in [0.29, 0.717) is 13.0 Å². The van der Waals surface area contributed by atoms with Gasteiger partial charge in [-0.2, -0.15) is 0 Å². The maximum absolute atomic E-state index is 9.97. The highest BCUT2D eigenvalue weighted by Crippen LogP contribution is 2.28. The van der Waals surface area contributed by atoms with Crippen molar-refractivity contribution in [3.8, 4) is 0 Å². The van der Waals surface area contributed by atoms with Crippen LogP contribution < -0.4 is 0 Å². The Morgan fingerprint density at radius 3 is 2.82 bits per heavy atom. The summed E-state index contributed by atoms with van der Waals surface area (Å²) in [5.41, 5.74) is 0. The van der Waals surface area contributed by atoms with E-state index < -0.39 is 18.3 Å². The van der Waals surface area contributed by atoms with Gasteiger partial charge in [-0.3, -0.25) is 0 Å². The summed E-state index contributed by atoms with van der Waals surface area (Å²) in [6.45, 7) is 4.29. The van der Waals surface area contributed by atoms with Gasteiger partial charge in [-0.25, -0.2) is 0 Å². The van der Waals surface area contributed by atoms with Gasteiger partial charge in [-0.15, -0.1) is 0 Å². The third-order valence-electron chi connectivity index (χ3n) is 3.35. The topological polar surface area (TPSA) is 58.9 Å². The van der Waals surface area contributed by atoms with Crippen molar-refractivity contribution in [3.05, 3.63) is 24.8 Å². The van der Waals surface area contributed by atoms with Crippen molar-refractivity contribution in [3.63, 3.8) is 0 Å². The largest absolute Gasteiger partial charge is 0.390 e. The predicted molar refractivity (Wildman–Crippen MR) is 63.6 cm³/mol. The number of hydrogen-bond acceptors (Lipinski definition) is 4. The molecular weight excluding hydrogens is 220 g/mol. The zero-order chi connectivity index (χ0) is 12.3. The highest BCUT2D eigenvalue weighted by Gasteiger charge is 2.39. The molecule has 0 aromatic rings. The summed E-state index contributed by atoms with van der Waals surface area (Å²) in [6, 6.07) is 0. The lowest BCUT2D eigenvalue weighted by Crippen LogP contribution is -2.37.